The molecule has 1 N–H and O–H groups in total. The molecule has 1 heterocycles. The van der Waals surface area contributed by atoms with Crippen LogP contribution in [0.25, 0.3) is 17.1 Å². The third-order valence-electron chi connectivity index (χ3n) is 4.59. The molecule has 170 valence electrons. The number of amides is 1. The maximum absolute atomic E-state index is 12.0. The van der Waals surface area contributed by atoms with Crippen molar-refractivity contribution in [2.24, 2.45) is 5.92 Å². The summed E-state index contributed by atoms with van der Waals surface area (Å²) < 4.78 is 18.0. The van der Waals surface area contributed by atoms with Gasteiger partial charge in [0.1, 0.15) is 12.4 Å². The van der Waals surface area contributed by atoms with Gasteiger partial charge in [-0.05, 0) is 61.4 Å². The molecule has 0 aliphatic rings. The van der Waals surface area contributed by atoms with Gasteiger partial charge in [0.2, 0.25) is 5.91 Å². The number of rotatable bonds is 11. The van der Waals surface area contributed by atoms with Gasteiger partial charge in [0.05, 0.1) is 19.4 Å². The fourth-order valence-corrected chi connectivity index (χ4v) is 3.07. The monoisotopic (exact) mass is 438 g/mol. The van der Waals surface area contributed by atoms with Gasteiger partial charge in [-0.2, -0.15) is 4.98 Å². The summed E-state index contributed by atoms with van der Waals surface area (Å²) in [6, 6.07) is 15.3. The van der Waals surface area contributed by atoms with Gasteiger partial charge in [-0.15, -0.1) is 5.10 Å². The molecule has 3 rings (SSSR count). The van der Waals surface area contributed by atoms with Gasteiger partial charge in [-0.3, -0.25) is 4.79 Å². The van der Waals surface area contributed by atoms with Crippen LogP contribution in [0.4, 0.5) is 5.69 Å². The number of nitrogens with one attached hydrogen (secondary N) is 1. The quantitative estimate of drug-likeness (QED) is 0.448. The molecule has 2 aromatic carbocycles. The van der Waals surface area contributed by atoms with Crippen LogP contribution >= 0.6 is 0 Å². The zero-order valence-electron chi connectivity index (χ0n) is 19.0. The summed E-state index contributed by atoms with van der Waals surface area (Å²) in [7, 11) is 1.63. The van der Waals surface area contributed by atoms with Crippen LogP contribution in [-0.2, 0) is 9.53 Å². The molecule has 0 saturated carbocycles. The predicted molar refractivity (Wildman–Crippen MR) is 123 cm³/mol. The molecule has 0 saturated heterocycles. The summed E-state index contributed by atoms with van der Waals surface area (Å²) in [5.41, 5.74) is 2.40. The smallest absolute Gasteiger partial charge is 0.336 e. The highest BCUT2D eigenvalue weighted by Gasteiger charge is 2.15. The minimum Gasteiger partial charge on any atom is -0.497 e. The maximum atomic E-state index is 12.0. The molecule has 3 aromatic rings. The number of carbonyl (C=O) groups excluding carboxylic acids is 1. The number of hydrogen-bond acceptors (Lipinski definition) is 6. The van der Waals surface area contributed by atoms with Crippen LogP contribution in [0, 0.1) is 5.92 Å². The molecule has 0 aliphatic heterocycles. The van der Waals surface area contributed by atoms with Gasteiger partial charge in [0.15, 0.2) is 5.82 Å². The number of benzene rings is 2. The average Bonchev–Trinajstić information content (AvgIpc) is 3.21. The highest BCUT2D eigenvalue weighted by atomic mass is 16.5. The van der Waals surface area contributed by atoms with Crippen molar-refractivity contribution in [1.29, 1.82) is 0 Å². The Balaban J connectivity index is 1.85. The Bertz CT molecular complexity index is 998. The molecule has 0 atom stereocenters. The van der Waals surface area contributed by atoms with Crippen LogP contribution in [0.15, 0.2) is 48.5 Å². The van der Waals surface area contributed by atoms with E-state index in [2.05, 4.69) is 15.4 Å². The molecule has 8 heteroatoms. The van der Waals surface area contributed by atoms with Gasteiger partial charge in [0, 0.05) is 24.3 Å². The summed E-state index contributed by atoms with van der Waals surface area (Å²) in [5, 5.41) is 7.46. The number of aromatic nitrogens is 3. The van der Waals surface area contributed by atoms with E-state index in [1.54, 1.807) is 11.8 Å². The zero-order valence-corrected chi connectivity index (χ0v) is 19.0. The lowest BCUT2D eigenvalue weighted by Crippen LogP contribution is -2.13. The van der Waals surface area contributed by atoms with Crippen molar-refractivity contribution in [2.45, 2.75) is 27.2 Å². The molecule has 32 heavy (non-hydrogen) atoms. The normalized spacial score (nSPS) is 10.9. The van der Waals surface area contributed by atoms with Crippen LogP contribution in [0.3, 0.4) is 0 Å². The molecular formula is C24H30N4O4. The number of carbonyl (C=O) groups is 1. The first-order valence-electron chi connectivity index (χ1n) is 10.7. The number of anilines is 1. The SMILES string of the molecule is CCOCCOc1nc(-c2ccc(OC)cc2)n(-c2ccc(NC(=O)CC(C)C)cc2)n1. The Morgan fingerprint density at radius 2 is 1.78 bits per heavy atom. The lowest BCUT2D eigenvalue weighted by atomic mass is 10.1. The molecule has 0 bridgehead atoms. The van der Waals surface area contributed by atoms with Gasteiger partial charge < -0.3 is 19.5 Å². The third kappa shape index (κ3) is 6.31. The molecule has 1 aromatic heterocycles. The Morgan fingerprint density at radius 1 is 1.06 bits per heavy atom. The Morgan fingerprint density at radius 3 is 2.41 bits per heavy atom. The molecule has 0 aliphatic carbocycles. The Kier molecular flexibility index (Phi) is 8.21. The topological polar surface area (TPSA) is 87.5 Å². The van der Waals surface area contributed by atoms with Crippen LogP contribution < -0.4 is 14.8 Å². The van der Waals surface area contributed by atoms with Gasteiger partial charge in [0.25, 0.3) is 0 Å². The van der Waals surface area contributed by atoms with Crippen LogP contribution in [0.2, 0.25) is 0 Å². The van der Waals surface area contributed by atoms with E-state index in [1.807, 2.05) is 69.3 Å². The molecule has 0 fully saturated rings. The van der Waals surface area contributed by atoms with Gasteiger partial charge >= 0.3 is 6.01 Å². The number of methoxy groups -OCH3 is 1. The fraction of sp³-hybridized carbons (Fsp3) is 0.375. The largest absolute Gasteiger partial charge is 0.497 e. The maximum Gasteiger partial charge on any atom is 0.336 e. The van der Waals surface area contributed by atoms with E-state index in [-0.39, 0.29) is 11.9 Å². The van der Waals surface area contributed by atoms with E-state index in [1.165, 1.54) is 0 Å². The minimum atomic E-state index is -0.00240. The average molecular weight is 439 g/mol. The van der Waals surface area contributed by atoms with Crippen molar-refractivity contribution >= 4 is 11.6 Å². The van der Waals surface area contributed by atoms with Crippen molar-refractivity contribution in [1.82, 2.24) is 14.8 Å². The second-order valence-corrected chi connectivity index (χ2v) is 7.60. The van der Waals surface area contributed by atoms with Gasteiger partial charge in [-0.25, -0.2) is 4.68 Å². The van der Waals surface area contributed by atoms with E-state index in [0.717, 1.165) is 22.7 Å². The predicted octanol–water partition coefficient (Wildman–Crippen LogP) is 4.34. The second-order valence-electron chi connectivity index (χ2n) is 7.60. The van der Waals surface area contributed by atoms with Crippen molar-refractivity contribution in [3.05, 3.63) is 48.5 Å². The van der Waals surface area contributed by atoms with Crippen LogP contribution in [0.5, 0.6) is 11.8 Å². The molecule has 0 unspecified atom stereocenters. The Hall–Kier alpha value is -3.39. The van der Waals surface area contributed by atoms with Crippen LogP contribution in [-0.4, -0.2) is 47.6 Å². The highest BCUT2D eigenvalue weighted by Crippen LogP contribution is 2.26. The first-order valence-corrected chi connectivity index (χ1v) is 10.7. The zero-order chi connectivity index (χ0) is 22.9. The fourth-order valence-electron chi connectivity index (χ4n) is 3.07. The van der Waals surface area contributed by atoms with E-state index >= 15 is 0 Å². The first-order chi connectivity index (χ1) is 15.5. The first kappa shape index (κ1) is 23.3. The molecule has 0 radical (unpaired) electrons. The Labute approximate surface area is 188 Å². The number of ether oxygens (including phenoxy) is 3. The summed E-state index contributed by atoms with van der Waals surface area (Å²) in [6.07, 6.45) is 0.481. The third-order valence-corrected chi connectivity index (χ3v) is 4.59. The lowest BCUT2D eigenvalue weighted by Gasteiger charge is -2.09. The van der Waals surface area contributed by atoms with Crippen molar-refractivity contribution < 1.29 is 19.0 Å². The second kappa shape index (κ2) is 11.3. The van der Waals surface area contributed by atoms with Crippen molar-refractivity contribution in [3.63, 3.8) is 0 Å². The van der Waals surface area contributed by atoms with Crippen molar-refractivity contribution in [2.75, 3.05) is 32.2 Å². The summed E-state index contributed by atoms with van der Waals surface area (Å²) in [6.45, 7) is 7.42. The number of hydrogen-bond donors (Lipinski definition) is 1. The molecule has 0 spiro atoms. The number of nitrogens with zero attached hydrogens (tertiary/aromatic N) is 3. The standard InChI is InChI=1S/C24H30N4O4/c1-5-31-14-15-32-24-26-23(18-6-12-21(30-4)13-7-18)28(27-24)20-10-8-19(9-11-20)25-22(29)16-17(2)3/h6-13,17H,5,14-16H2,1-4H3,(H,25,29). The van der Waals surface area contributed by atoms with E-state index in [0.29, 0.717) is 38.0 Å². The van der Waals surface area contributed by atoms with Crippen LogP contribution in [0.1, 0.15) is 27.2 Å². The molecule has 1 amide bonds. The van der Waals surface area contributed by atoms with E-state index in [4.69, 9.17) is 14.2 Å². The minimum absolute atomic E-state index is 0.00240. The van der Waals surface area contributed by atoms with E-state index in [9.17, 15) is 4.79 Å². The summed E-state index contributed by atoms with van der Waals surface area (Å²) in [5.74, 6) is 1.69. The molecule has 8 nitrogen and oxygen atoms in total. The molecular weight excluding hydrogens is 408 g/mol. The lowest BCUT2D eigenvalue weighted by molar-refractivity contribution is -0.116. The van der Waals surface area contributed by atoms with E-state index < -0.39 is 0 Å². The van der Waals surface area contributed by atoms with Crippen molar-refractivity contribution in [3.8, 4) is 28.8 Å². The highest BCUT2D eigenvalue weighted by molar-refractivity contribution is 5.90. The summed E-state index contributed by atoms with van der Waals surface area (Å²) in [4.78, 5) is 16.6. The van der Waals surface area contributed by atoms with Gasteiger partial charge in [-0.1, -0.05) is 13.8 Å². The summed E-state index contributed by atoms with van der Waals surface area (Å²) >= 11 is 0.